The van der Waals surface area contributed by atoms with Crippen molar-refractivity contribution in [1.29, 1.82) is 0 Å². The highest BCUT2D eigenvalue weighted by atomic mass is 35.5. The van der Waals surface area contributed by atoms with E-state index >= 15 is 0 Å². The van der Waals surface area contributed by atoms with Crippen molar-refractivity contribution in [2.45, 2.75) is 44.4 Å². The van der Waals surface area contributed by atoms with Crippen molar-refractivity contribution in [1.82, 2.24) is 10.3 Å². The zero-order valence-electron chi connectivity index (χ0n) is 19.1. The summed E-state index contributed by atoms with van der Waals surface area (Å²) in [5.41, 5.74) is 2.99. The van der Waals surface area contributed by atoms with E-state index in [4.69, 9.17) is 0 Å². The molecule has 1 N–H and O–H groups in total. The van der Waals surface area contributed by atoms with E-state index in [0.29, 0.717) is 6.54 Å². The van der Waals surface area contributed by atoms with E-state index in [-0.39, 0.29) is 35.9 Å². The van der Waals surface area contributed by atoms with Gasteiger partial charge in [0.15, 0.2) is 0 Å². The highest BCUT2D eigenvalue weighted by molar-refractivity contribution is 5.91. The van der Waals surface area contributed by atoms with Gasteiger partial charge in [0.1, 0.15) is 11.6 Å². The molecule has 34 heavy (non-hydrogen) atoms. The molecule has 0 fully saturated rings. The molecular weight excluding hydrogens is 454 g/mol. The van der Waals surface area contributed by atoms with E-state index in [9.17, 15) is 13.6 Å². The van der Waals surface area contributed by atoms with Crippen LogP contribution in [0.25, 0.3) is 6.08 Å². The smallest absolute Gasteiger partial charge is 0.243 e. The predicted octanol–water partition coefficient (Wildman–Crippen LogP) is 7.08. The summed E-state index contributed by atoms with van der Waals surface area (Å²) >= 11 is 0. The molecular formula is C28H31ClF2N2O. The van der Waals surface area contributed by atoms with E-state index < -0.39 is 0 Å². The number of halogens is 3. The van der Waals surface area contributed by atoms with Crippen LogP contribution in [0, 0.1) is 11.6 Å². The van der Waals surface area contributed by atoms with Gasteiger partial charge in [-0.1, -0.05) is 56.0 Å². The molecule has 0 saturated heterocycles. The molecule has 1 heterocycles. The summed E-state index contributed by atoms with van der Waals surface area (Å²) in [7, 11) is 0. The lowest BCUT2D eigenvalue weighted by Gasteiger charge is -2.18. The normalized spacial score (nSPS) is 10.9. The van der Waals surface area contributed by atoms with Crippen LogP contribution < -0.4 is 5.32 Å². The predicted molar refractivity (Wildman–Crippen MR) is 136 cm³/mol. The molecule has 0 radical (unpaired) electrons. The Balaban J connectivity index is 0.00000408. The first-order chi connectivity index (χ1) is 16.1. The second-order valence-electron chi connectivity index (χ2n) is 8.12. The third-order valence-electron chi connectivity index (χ3n) is 5.63. The fourth-order valence-electron chi connectivity index (χ4n) is 3.84. The maximum absolute atomic E-state index is 13.3. The van der Waals surface area contributed by atoms with Crippen LogP contribution in [0.2, 0.25) is 0 Å². The number of rotatable bonds is 12. The summed E-state index contributed by atoms with van der Waals surface area (Å²) < 4.78 is 26.7. The van der Waals surface area contributed by atoms with Gasteiger partial charge in [0.25, 0.3) is 0 Å². The van der Waals surface area contributed by atoms with Gasteiger partial charge in [0.05, 0.1) is 0 Å². The van der Waals surface area contributed by atoms with Crippen molar-refractivity contribution in [3.63, 3.8) is 0 Å². The van der Waals surface area contributed by atoms with Crippen LogP contribution in [0.4, 0.5) is 8.78 Å². The van der Waals surface area contributed by atoms with Crippen LogP contribution in [-0.4, -0.2) is 17.4 Å². The Hall–Kier alpha value is -3.05. The molecule has 2 aromatic carbocycles. The summed E-state index contributed by atoms with van der Waals surface area (Å²) in [5.74, 6) is -0.482. The minimum absolute atomic E-state index is 0. The lowest BCUT2D eigenvalue weighted by Crippen LogP contribution is -2.21. The van der Waals surface area contributed by atoms with Crippen LogP contribution in [0.5, 0.6) is 0 Å². The summed E-state index contributed by atoms with van der Waals surface area (Å²) in [5, 5.41) is 2.91. The van der Waals surface area contributed by atoms with Crippen LogP contribution >= 0.6 is 12.4 Å². The molecule has 1 amide bonds. The third kappa shape index (κ3) is 9.44. The summed E-state index contributed by atoms with van der Waals surface area (Å²) in [6, 6.07) is 16.9. The molecule has 0 spiro atoms. The lowest BCUT2D eigenvalue weighted by atomic mass is 9.86. The van der Waals surface area contributed by atoms with Gasteiger partial charge in [-0.25, -0.2) is 8.78 Å². The molecule has 0 unspecified atom stereocenters. The molecule has 0 aliphatic rings. The monoisotopic (exact) mass is 484 g/mol. The average molecular weight is 485 g/mol. The highest BCUT2D eigenvalue weighted by Gasteiger charge is 2.14. The maximum atomic E-state index is 13.3. The van der Waals surface area contributed by atoms with Crippen molar-refractivity contribution < 1.29 is 13.6 Å². The SMILES string of the molecule is Cl.O=C(/C=C/c1cccnc1)NCCCCCCCC(c1ccc(F)cc1)c1ccc(F)cc1. The van der Waals surface area contributed by atoms with Crippen LogP contribution in [0.15, 0.2) is 79.1 Å². The van der Waals surface area contributed by atoms with E-state index in [2.05, 4.69) is 10.3 Å². The van der Waals surface area contributed by atoms with Gasteiger partial charge in [-0.05, 0) is 65.9 Å². The molecule has 0 bridgehead atoms. The van der Waals surface area contributed by atoms with E-state index in [1.807, 2.05) is 36.4 Å². The van der Waals surface area contributed by atoms with Crippen molar-refractivity contribution in [3.8, 4) is 0 Å². The number of benzene rings is 2. The fourth-order valence-corrected chi connectivity index (χ4v) is 3.84. The molecule has 1 aromatic heterocycles. The summed E-state index contributed by atoms with van der Waals surface area (Å²) in [6.45, 7) is 0.657. The Kier molecular flexibility index (Phi) is 12.0. The van der Waals surface area contributed by atoms with Crippen molar-refractivity contribution in [2.24, 2.45) is 0 Å². The first-order valence-corrected chi connectivity index (χ1v) is 11.5. The van der Waals surface area contributed by atoms with Crippen LogP contribution in [0.3, 0.4) is 0 Å². The van der Waals surface area contributed by atoms with Crippen LogP contribution in [-0.2, 0) is 4.79 Å². The van der Waals surface area contributed by atoms with E-state index in [1.54, 1.807) is 18.5 Å². The molecule has 6 heteroatoms. The molecule has 3 aromatic rings. The first-order valence-electron chi connectivity index (χ1n) is 11.5. The molecule has 3 nitrogen and oxygen atoms in total. The Morgan fingerprint density at radius 3 is 2.03 bits per heavy atom. The molecule has 0 aliphatic carbocycles. The number of pyridine rings is 1. The van der Waals surface area contributed by atoms with Gasteiger partial charge in [-0.3, -0.25) is 9.78 Å². The van der Waals surface area contributed by atoms with Gasteiger partial charge in [0.2, 0.25) is 5.91 Å². The minimum atomic E-state index is -0.253. The number of amides is 1. The molecule has 180 valence electrons. The van der Waals surface area contributed by atoms with Crippen molar-refractivity contribution in [2.75, 3.05) is 6.54 Å². The zero-order chi connectivity index (χ0) is 23.3. The second kappa shape index (κ2) is 15.0. The maximum Gasteiger partial charge on any atom is 0.243 e. The first kappa shape index (κ1) is 27.2. The molecule has 0 aliphatic heterocycles. The number of unbranched alkanes of at least 4 members (excludes halogenated alkanes) is 4. The van der Waals surface area contributed by atoms with E-state index in [0.717, 1.165) is 55.2 Å². The van der Waals surface area contributed by atoms with Gasteiger partial charge in [-0.2, -0.15) is 0 Å². The van der Waals surface area contributed by atoms with Gasteiger partial charge in [-0.15, -0.1) is 12.4 Å². The number of aromatic nitrogens is 1. The fraction of sp³-hybridized carbons (Fsp3) is 0.286. The Labute approximate surface area is 206 Å². The molecule has 0 saturated carbocycles. The third-order valence-corrected chi connectivity index (χ3v) is 5.63. The van der Waals surface area contributed by atoms with Crippen molar-refractivity contribution in [3.05, 3.63) is 107 Å². The average Bonchev–Trinajstić information content (AvgIpc) is 2.84. The number of nitrogens with one attached hydrogen (secondary N) is 1. The number of hydrogen-bond donors (Lipinski definition) is 1. The van der Waals surface area contributed by atoms with Crippen molar-refractivity contribution >= 4 is 24.4 Å². The number of carbonyl (C=O) groups excluding carboxylic acids is 1. The Morgan fingerprint density at radius 2 is 1.44 bits per heavy atom. The highest BCUT2D eigenvalue weighted by Crippen LogP contribution is 2.30. The van der Waals surface area contributed by atoms with Gasteiger partial charge < -0.3 is 5.32 Å². The largest absolute Gasteiger partial charge is 0.353 e. The topological polar surface area (TPSA) is 42.0 Å². The second-order valence-corrected chi connectivity index (χ2v) is 8.12. The minimum Gasteiger partial charge on any atom is -0.353 e. The number of nitrogens with zero attached hydrogens (tertiary/aromatic N) is 1. The Morgan fingerprint density at radius 1 is 0.853 bits per heavy atom. The standard InChI is InChI=1S/C28H30F2N2O.ClH/c29-25-14-10-23(11-15-25)27(24-12-16-26(30)17-13-24)8-4-2-1-3-5-20-32-28(33)18-9-22-7-6-19-31-21-22;/h6-7,9-19,21,27H,1-5,8,20H2,(H,32,33);1H/b18-9+;. The summed E-state index contributed by atoms with van der Waals surface area (Å²) in [4.78, 5) is 15.9. The summed E-state index contributed by atoms with van der Waals surface area (Å²) in [6.07, 6.45) is 12.8. The lowest BCUT2D eigenvalue weighted by molar-refractivity contribution is -0.116. The number of carbonyl (C=O) groups is 1. The van der Waals surface area contributed by atoms with Gasteiger partial charge >= 0.3 is 0 Å². The van der Waals surface area contributed by atoms with E-state index in [1.165, 1.54) is 30.3 Å². The molecule has 3 rings (SSSR count). The van der Waals surface area contributed by atoms with Crippen LogP contribution in [0.1, 0.15) is 61.1 Å². The Bertz CT molecular complexity index is 963. The zero-order valence-corrected chi connectivity index (χ0v) is 19.9. The quantitative estimate of drug-likeness (QED) is 0.220. The molecule has 0 atom stereocenters. The van der Waals surface area contributed by atoms with Gasteiger partial charge in [0, 0.05) is 30.9 Å². The number of hydrogen-bond acceptors (Lipinski definition) is 2.